The van der Waals surface area contributed by atoms with E-state index in [0.717, 1.165) is 19.3 Å². The average Bonchev–Trinajstić information content (AvgIpc) is 2.97. The largest absolute Gasteiger partial charge is 0.323 e. The molecule has 0 bridgehead atoms. The van der Waals surface area contributed by atoms with E-state index in [1.807, 2.05) is 12.1 Å². The van der Waals surface area contributed by atoms with Crippen LogP contribution in [0.25, 0.3) is 0 Å². The fourth-order valence-electron chi connectivity index (χ4n) is 3.18. The first-order chi connectivity index (χ1) is 8.27. The predicted octanol–water partition coefficient (Wildman–Crippen LogP) is 2.30. The van der Waals surface area contributed by atoms with Crippen molar-refractivity contribution in [1.82, 2.24) is 0 Å². The standard InChI is InChI=1S/C14H19NOS/c15-14-12-8-4-1-5-10(12)9-13(14)17(16)11-6-2-3-7-11/h1,4-5,8,11,13-14H,2-3,6-7,9,15H2. The predicted molar refractivity (Wildman–Crippen MR) is 71.3 cm³/mol. The number of fused-ring (bicyclic) bond motifs is 1. The minimum absolute atomic E-state index is 0.0207. The first-order valence-corrected chi connectivity index (χ1v) is 7.78. The molecule has 0 aromatic heterocycles. The summed E-state index contributed by atoms with van der Waals surface area (Å²) in [5, 5.41) is 0.552. The molecule has 2 aliphatic carbocycles. The normalized spacial score (nSPS) is 30.4. The zero-order valence-corrected chi connectivity index (χ0v) is 10.8. The van der Waals surface area contributed by atoms with Crippen LogP contribution in [-0.2, 0) is 17.2 Å². The smallest absolute Gasteiger partial charge is 0.0584 e. The summed E-state index contributed by atoms with van der Waals surface area (Å²) in [6.45, 7) is 0. The van der Waals surface area contributed by atoms with Crippen LogP contribution < -0.4 is 5.73 Å². The Morgan fingerprint density at radius 2 is 1.88 bits per heavy atom. The van der Waals surface area contributed by atoms with Gasteiger partial charge in [-0.25, -0.2) is 0 Å². The molecule has 3 atom stereocenters. The van der Waals surface area contributed by atoms with Crippen LogP contribution in [0.3, 0.4) is 0 Å². The molecule has 3 heteroatoms. The Labute approximate surface area is 105 Å². The Bertz CT molecular complexity index is 440. The van der Waals surface area contributed by atoms with Gasteiger partial charge in [0.25, 0.3) is 0 Å². The molecule has 2 nitrogen and oxygen atoms in total. The van der Waals surface area contributed by atoms with Crippen molar-refractivity contribution < 1.29 is 4.21 Å². The van der Waals surface area contributed by atoms with Crippen LogP contribution in [0.4, 0.5) is 0 Å². The third-order valence-electron chi connectivity index (χ3n) is 4.16. The molecule has 1 aromatic carbocycles. The second-order valence-corrected chi connectivity index (χ2v) is 7.13. The van der Waals surface area contributed by atoms with Crippen molar-refractivity contribution in [3.8, 4) is 0 Å². The quantitative estimate of drug-likeness (QED) is 0.874. The van der Waals surface area contributed by atoms with Gasteiger partial charge in [0.2, 0.25) is 0 Å². The van der Waals surface area contributed by atoms with Gasteiger partial charge in [-0.3, -0.25) is 4.21 Å². The Balaban J connectivity index is 1.81. The van der Waals surface area contributed by atoms with Crippen LogP contribution in [0.15, 0.2) is 24.3 Å². The molecular formula is C14H19NOS. The van der Waals surface area contributed by atoms with Gasteiger partial charge in [0, 0.05) is 22.1 Å². The van der Waals surface area contributed by atoms with Crippen LogP contribution in [0.5, 0.6) is 0 Å². The fourth-order valence-corrected chi connectivity index (χ4v) is 5.26. The lowest BCUT2D eigenvalue weighted by molar-refractivity contribution is 0.632. The zero-order valence-electron chi connectivity index (χ0n) is 9.97. The highest BCUT2D eigenvalue weighted by Crippen LogP contribution is 2.36. The van der Waals surface area contributed by atoms with Crippen molar-refractivity contribution in [1.29, 1.82) is 0 Å². The molecule has 0 spiro atoms. The van der Waals surface area contributed by atoms with E-state index in [4.69, 9.17) is 5.73 Å². The molecule has 0 amide bonds. The SMILES string of the molecule is NC1c2ccccc2CC1S(=O)C1CCCC1. The van der Waals surface area contributed by atoms with Crippen molar-refractivity contribution in [3.05, 3.63) is 35.4 Å². The number of nitrogens with two attached hydrogens (primary N) is 1. The second-order valence-electron chi connectivity index (χ2n) is 5.20. The van der Waals surface area contributed by atoms with E-state index < -0.39 is 10.8 Å². The minimum Gasteiger partial charge on any atom is -0.323 e. The molecule has 2 aliphatic rings. The highest BCUT2D eigenvalue weighted by molar-refractivity contribution is 7.86. The summed E-state index contributed by atoms with van der Waals surface area (Å²) in [5.41, 5.74) is 8.78. The second kappa shape index (κ2) is 4.54. The van der Waals surface area contributed by atoms with Crippen LogP contribution in [0, 0.1) is 0 Å². The van der Waals surface area contributed by atoms with Gasteiger partial charge in [0.05, 0.1) is 5.25 Å². The van der Waals surface area contributed by atoms with E-state index in [2.05, 4.69) is 12.1 Å². The monoisotopic (exact) mass is 249 g/mol. The Kier molecular flexibility index (Phi) is 3.05. The van der Waals surface area contributed by atoms with E-state index in [1.54, 1.807) is 0 Å². The molecular weight excluding hydrogens is 230 g/mol. The van der Waals surface area contributed by atoms with E-state index >= 15 is 0 Å². The molecule has 92 valence electrons. The minimum atomic E-state index is -0.752. The first kappa shape index (κ1) is 11.4. The summed E-state index contributed by atoms with van der Waals surface area (Å²) in [5.74, 6) is 0. The molecule has 1 aromatic rings. The molecule has 0 saturated heterocycles. The Morgan fingerprint density at radius 1 is 1.18 bits per heavy atom. The summed E-state index contributed by atoms with van der Waals surface area (Å²) in [7, 11) is -0.752. The molecule has 0 radical (unpaired) electrons. The zero-order chi connectivity index (χ0) is 11.8. The van der Waals surface area contributed by atoms with Crippen LogP contribution in [0.2, 0.25) is 0 Å². The highest BCUT2D eigenvalue weighted by Gasteiger charge is 2.37. The Hall–Kier alpha value is -0.670. The number of benzene rings is 1. The van der Waals surface area contributed by atoms with Crippen molar-refractivity contribution in [2.75, 3.05) is 0 Å². The summed E-state index contributed by atoms with van der Waals surface area (Å²) in [6.07, 6.45) is 5.65. The van der Waals surface area contributed by atoms with Crippen LogP contribution in [0.1, 0.15) is 42.9 Å². The molecule has 2 N–H and O–H groups in total. The van der Waals surface area contributed by atoms with E-state index in [9.17, 15) is 4.21 Å². The molecule has 3 unspecified atom stereocenters. The number of hydrogen-bond acceptors (Lipinski definition) is 2. The lowest BCUT2D eigenvalue weighted by Crippen LogP contribution is -2.31. The fraction of sp³-hybridized carbons (Fsp3) is 0.571. The maximum atomic E-state index is 12.6. The van der Waals surface area contributed by atoms with Crippen LogP contribution in [-0.4, -0.2) is 14.7 Å². The molecule has 1 saturated carbocycles. The summed E-state index contributed by atoms with van der Waals surface area (Å²) in [6, 6.07) is 8.27. The maximum absolute atomic E-state index is 12.6. The summed E-state index contributed by atoms with van der Waals surface area (Å²) >= 11 is 0. The molecule has 3 rings (SSSR count). The number of rotatable bonds is 2. The van der Waals surface area contributed by atoms with E-state index in [0.29, 0.717) is 5.25 Å². The van der Waals surface area contributed by atoms with Gasteiger partial charge in [0.1, 0.15) is 0 Å². The highest BCUT2D eigenvalue weighted by atomic mass is 32.2. The topological polar surface area (TPSA) is 43.1 Å². The van der Waals surface area contributed by atoms with E-state index in [1.165, 1.54) is 24.0 Å². The van der Waals surface area contributed by atoms with Gasteiger partial charge in [0.15, 0.2) is 0 Å². The summed E-state index contributed by atoms with van der Waals surface area (Å²) < 4.78 is 12.6. The maximum Gasteiger partial charge on any atom is 0.0584 e. The van der Waals surface area contributed by atoms with Gasteiger partial charge in [-0.15, -0.1) is 0 Å². The van der Waals surface area contributed by atoms with Crippen LogP contribution >= 0.6 is 0 Å². The third-order valence-corrected chi connectivity index (χ3v) is 6.35. The molecule has 17 heavy (non-hydrogen) atoms. The van der Waals surface area contributed by atoms with Crippen molar-refractivity contribution >= 4 is 10.8 Å². The molecule has 0 heterocycles. The van der Waals surface area contributed by atoms with Crippen molar-refractivity contribution in [2.24, 2.45) is 5.73 Å². The van der Waals surface area contributed by atoms with Gasteiger partial charge in [-0.1, -0.05) is 37.1 Å². The third kappa shape index (κ3) is 1.95. The van der Waals surface area contributed by atoms with Crippen molar-refractivity contribution in [3.63, 3.8) is 0 Å². The first-order valence-electron chi connectivity index (χ1n) is 6.50. The van der Waals surface area contributed by atoms with Crippen molar-refractivity contribution in [2.45, 2.75) is 48.6 Å². The van der Waals surface area contributed by atoms with E-state index in [-0.39, 0.29) is 11.3 Å². The van der Waals surface area contributed by atoms with Gasteiger partial charge < -0.3 is 5.73 Å². The number of hydrogen-bond donors (Lipinski definition) is 1. The molecule has 1 fully saturated rings. The lowest BCUT2D eigenvalue weighted by Gasteiger charge is -2.19. The van der Waals surface area contributed by atoms with Gasteiger partial charge in [-0.05, 0) is 30.4 Å². The summed E-state index contributed by atoms with van der Waals surface area (Å²) in [4.78, 5) is 0. The lowest BCUT2D eigenvalue weighted by atomic mass is 10.1. The Morgan fingerprint density at radius 3 is 2.59 bits per heavy atom. The average molecular weight is 249 g/mol. The van der Waals surface area contributed by atoms with Gasteiger partial charge in [-0.2, -0.15) is 0 Å². The molecule has 0 aliphatic heterocycles. The van der Waals surface area contributed by atoms with Gasteiger partial charge >= 0.3 is 0 Å².